The van der Waals surface area contributed by atoms with Gasteiger partial charge in [0, 0.05) is 31.3 Å². The third-order valence-corrected chi connectivity index (χ3v) is 4.76. The van der Waals surface area contributed by atoms with Gasteiger partial charge in [0.05, 0.1) is 31.3 Å². The number of nitrogens with one attached hydrogen (secondary N) is 1. The predicted octanol–water partition coefficient (Wildman–Crippen LogP) is 2.41. The second-order valence-electron chi connectivity index (χ2n) is 6.43. The van der Waals surface area contributed by atoms with Crippen LogP contribution in [-0.4, -0.2) is 55.7 Å². The summed E-state index contributed by atoms with van der Waals surface area (Å²) in [6.07, 6.45) is 0. The van der Waals surface area contributed by atoms with Crippen LogP contribution in [0.1, 0.15) is 22.0 Å². The molecule has 8 nitrogen and oxygen atoms in total. The topological polar surface area (TPSA) is 93.9 Å². The lowest BCUT2D eigenvalue weighted by Gasteiger charge is -2.35. The van der Waals surface area contributed by atoms with E-state index in [0.29, 0.717) is 19.8 Å². The minimum Gasteiger partial charge on any atom is -0.490 e. The van der Waals surface area contributed by atoms with Crippen molar-refractivity contribution in [3.63, 3.8) is 0 Å². The molecular formula is C20H23N3O5. The fraction of sp³-hybridized carbons (Fsp3) is 0.350. The van der Waals surface area contributed by atoms with Gasteiger partial charge in [-0.1, -0.05) is 30.3 Å². The number of benzene rings is 2. The smallest absolute Gasteiger partial charge is 0.311 e. The average molecular weight is 385 g/mol. The number of carbonyl (C=O) groups is 1. The molecule has 1 amide bonds. The van der Waals surface area contributed by atoms with E-state index in [1.165, 1.54) is 25.3 Å². The second kappa shape index (κ2) is 9.29. The number of ether oxygens (including phenoxy) is 2. The van der Waals surface area contributed by atoms with Crippen LogP contribution in [0, 0.1) is 10.1 Å². The molecule has 2 aromatic carbocycles. The van der Waals surface area contributed by atoms with Crippen LogP contribution in [0.2, 0.25) is 0 Å². The fourth-order valence-electron chi connectivity index (χ4n) is 3.29. The number of nitro benzene ring substituents is 1. The first-order chi connectivity index (χ1) is 13.6. The molecule has 0 spiro atoms. The van der Waals surface area contributed by atoms with Gasteiger partial charge in [0.25, 0.3) is 5.91 Å². The van der Waals surface area contributed by atoms with Crippen molar-refractivity contribution in [1.29, 1.82) is 0 Å². The molecule has 3 rings (SSSR count). The highest BCUT2D eigenvalue weighted by atomic mass is 16.6. The van der Waals surface area contributed by atoms with Gasteiger partial charge in [0.2, 0.25) is 0 Å². The van der Waals surface area contributed by atoms with Crippen LogP contribution < -0.4 is 10.1 Å². The quantitative estimate of drug-likeness (QED) is 0.581. The first-order valence-electron chi connectivity index (χ1n) is 9.07. The summed E-state index contributed by atoms with van der Waals surface area (Å²) in [7, 11) is 1.36. The highest BCUT2D eigenvalue weighted by Crippen LogP contribution is 2.27. The molecule has 0 bridgehead atoms. The fourth-order valence-corrected chi connectivity index (χ4v) is 3.29. The molecule has 148 valence electrons. The minimum atomic E-state index is -0.559. The number of hydrogen-bond acceptors (Lipinski definition) is 6. The average Bonchev–Trinajstić information content (AvgIpc) is 2.74. The lowest BCUT2D eigenvalue weighted by molar-refractivity contribution is -0.385. The molecule has 8 heteroatoms. The van der Waals surface area contributed by atoms with Crippen molar-refractivity contribution in [1.82, 2.24) is 10.2 Å². The summed E-state index contributed by atoms with van der Waals surface area (Å²) in [4.78, 5) is 25.5. The van der Waals surface area contributed by atoms with Crippen LogP contribution in [0.3, 0.4) is 0 Å². The van der Waals surface area contributed by atoms with Crippen molar-refractivity contribution >= 4 is 11.6 Å². The minimum absolute atomic E-state index is 0.00211. The molecule has 2 aromatic rings. The van der Waals surface area contributed by atoms with Crippen LogP contribution in [-0.2, 0) is 4.74 Å². The van der Waals surface area contributed by atoms with Gasteiger partial charge < -0.3 is 14.8 Å². The van der Waals surface area contributed by atoms with Gasteiger partial charge in [-0.15, -0.1) is 0 Å². The summed E-state index contributed by atoms with van der Waals surface area (Å²) in [5.41, 5.74) is 1.09. The Morgan fingerprint density at radius 1 is 1.25 bits per heavy atom. The number of rotatable bonds is 7. The van der Waals surface area contributed by atoms with E-state index in [0.717, 1.165) is 18.7 Å². The standard InChI is InChI=1S/C20H23N3O5/c1-27-19-8-7-16(13-17(19)23(25)26)20(24)21-14-18(15-5-3-2-4-6-15)22-9-11-28-12-10-22/h2-8,13,18H,9-12,14H2,1H3,(H,21,24)/t18-/m1/s1. The van der Waals surface area contributed by atoms with Gasteiger partial charge in [0.1, 0.15) is 0 Å². The summed E-state index contributed by atoms with van der Waals surface area (Å²) in [6, 6.07) is 14.2. The van der Waals surface area contributed by atoms with Gasteiger partial charge in [-0.05, 0) is 17.7 Å². The molecule has 0 aliphatic carbocycles. The number of morpholine rings is 1. The molecule has 1 saturated heterocycles. The lowest BCUT2D eigenvalue weighted by Crippen LogP contribution is -2.43. The summed E-state index contributed by atoms with van der Waals surface area (Å²) in [6.45, 7) is 3.26. The number of methoxy groups -OCH3 is 1. The predicted molar refractivity (Wildman–Crippen MR) is 104 cm³/mol. The first-order valence-corrected chi connectivity index (χ1v) is 9.07. The van der Waals surface area contributed by atoms with Gasteiger partial charge in [-0.3, -0.25) is 19.8 Å². The summed E-state index contributed by atoms with van der Waals surface area (Å²) >= 11 is 0. The number of nitrogens with zero attached hydrogens (tertiary/aromatic N) is 2. The Kier molecular flexibility index (Phi) is 6.57. The largest absolute Gasteiger partial charge is 0.490 e. The summed E-state index contributed by atoms with van der Waals surface area (Å²) < 4.78 is 10.4. The SMILES string of the molecule is COc1ccc(C(=O)NC[C@H](c2ccccc2)N2CCOCC2)cc1[N+](=O)[O-]. The Labute approximate surface area is 163 Å². The van der Waals surface area contributed by atoms with Crippen molar-refractivity contribution in [2.75, 3.05) is 40.0 Å². The molecule has 0 unspecified atom stereocenters. The zero-order valence-electron chi connectivity index (χ0n) is 15.7. The lowest BCUT2D eigenvalue weighted by atomic mass is 10.0. The molecule has 1 aliphatic rings. The van der Waals surface area contributed by atoms with Gasteiger partial charge in [-0.25, -0.2) is 0 Å². The molecule has 1 fully saturated rings. The maximum absolute atomic E-state index is 12.6. The van der Waals surface area contributed by atoms with Crippen LogP contribution >= 0.6 is 0 Å². The van der Waals surface area contributed by atoms with Crippen LogP contribution in [0.25, 0.3) is 0 Å². The van der Waals surface area contributed by atoms with Crippen LogP contribution in [0.4, 0.5) is 5.69 Å². The third kappa shape index (κ3) is 4.65. The third-order valence-electron chi connectivity index (χ3n) is 4.76. The van der Waals surface area contributed by atoms with E-state index in [1.54, 1.807) is 0 Å². The molecule has 1 N–H and O–H groups in total. The van der Waals surface area contributed by atoms with E-state index >= 15 is 0 Å². The summed E-state index contributed by atoms with van der Waals surface area (Å²) in [5.74, 6) is -0.239. The Balaban J connectivity index is 1.75. The number of amides is 1. The van der Waals surface area contributed by atoms with Crippen molar-refractivity contribution < 1.29 is 19.2 Å². The van der Waals surface area contributed by atoms with Crippen molar-refractivity contribution in [2.45, 2.75) is 6.04 Å². The first kappa shape index (κ1) is 19.8. The maximum Gasteiger partial charge on any atom is 0.311 e. The molecule has 0 aromatic heterocycles. The highest BCUT2D eigenvalue weighted by molar-refractivity contribution is 5.95. The maximum atomic E-state index is 12.6. The molecule has 1 atom stereocenters. The Hall–Kier alpha value is -2.97. The number of nitro groups is 1. The van der Waals surface area contributed by atoms with Crippen molar-refractivity contribution in [3.05, 3.63) is 69.8 Å². The zero-order valence-corrected chi connectivity index (χ0v) is 15.7. The van der Waals surface area contributed by atoms with Crippen LogP contribution in [0.15, 0.2) is 48.5 Å². The van der Waals surface area contributed by atoms with E-state index in [-0.39, 0.29) is 28.9 Å². The Bertz CT molecular complexity index is 822. The number of hydrogen-bond donors (Lipinski definition) is 1. The van der Waals surface area contributed by atoms with E-state index < -0.39 is 4.92 Å². The molecule has 28 heavy (non-hydrogen) atoms. The second-order valence-corrected chi connectivity index (χ2v) is 6.43. The van der Waals surface area contributed by atoms with E-state index in [4.69, 9.17) is 9.47 Å². The Morgan fingerprint density at radius 2 is 1.96 bits per heavy atom. The van der Waals surface area contributed by atoms with Gasteiger partial charge in [-0.2, -0.15) is 0 Å². The van der Waals surface area contributed by atoms with Gasteiger partial charge >= 0.3 is 5.69 Å². The molecule has 0 saturated carbocycles. The molecule has 0 radical (unpaired) electrons. The molecular weight excluding hydrogens is 362 g/mol. The van der Waals surface area contributed by atoms with E-state index in [1.807, 2.05) is 30.3 Å². The van der Waals surface area contributed by atoms with Crippen LogP contribution in [0.5, 0.6) is 5.75 Å². The van der Waals surface area contributed by atoms with Crippen molar-refractivity contribution in [3.8, 4) is 5.75 Å². The Morgan fingerprint density at radius 3 is 2.61 bits per heavy atom. The zero-order chi connectivity index (χ0) is 19.9. The van der Waals surface area contributed by atoms with Gasteiger partial charge in [0.15, 0.2) is 5.75 Å². The normalized spacial score (nSPS) is 15.6. The number of carbonyl (C=O) groups excluding carboxylic acids is 1. The molecule has 1 aliphatic heterocycles. The van der Waals surface area contributed by atoms with E-state index in [2.05, 4.69) is 10.2 Å². The van der Waals surface area contributed by atoms with E-state index in [9.17, 15) is 14.9 Å². The monoisotopic (exact) mass is 385 g/mol. The summed E-state index contributed by atoms with van der Waals surface area (Å²) in [5, 5.41) is 14.1. The molecule has 1 heterocycles. The highest BCUT2D eigenvalue weighted by Gasteiger charge is 2.24. The van der Waals surface area contributed by atoms with Crippen molar-refractivity contribution in [2.24, 2.45) is 0 Å².